The van der Waals surface area contributed by atoms with Gasteiger partial charge in [-0.15, -0.1) is 11.3 Å². The number of rotatable bonds is 6. The van der Waals surface area contributed by atoms with Gasteiger partial charge in [0.25, 0.3) is 0 Å². The summed E-state index contributed by atoms with van der Waals surface area (Å²) in [5, 5.41) is 6.61. The van der Waals surface area contributed by atoms with E-state index in [9.17, 15) is 0 Å². The number of pyridine rings is 1. The molecule has 0 spiro atoms. The van der Waals surface area contributed by atoms with Crippen LogP contribution in [0.15, 0.2) is 60.2 Å². The smallest absolute Gasteiger partial charge is 0.161 e. The number of hydrogen-bond donors (Lipinski definition) is 1. The van der Waals surface area contributed by atoms with Crippen molar-refractivity contribution >= 4 is 17.2 Å². The topological polar surface area (TPSA) is 63.6 Å². The zero-order valence-electron chi connectivity index (χ0n) is 15.9. The first-order chi connectivity index (χ1) is 13.7. The zero-order valence-corrected chi connectivity index (χ0v) is 16.7. The van der Waals surface area contributed by atoms with Gasteiger partial charge in [0, 0.05) is 47.2 Å². The molecule has 28 heavy (non-hydrogen) atoms. The zero-order chi connectivity index (χ0) is 19.3. The number of nitrogens with one attached hydrogen (secondary N) is 1. The van der Waals surface area contributed by atoms with Crippen LogP contribution in [0.5, 0.6) is 0 Å². The summed E-state index contributed by atoms with van der Waals surface area (Å²) in [7, 11) is 0. The maximum Gasteiger partial charge on any atom is 0.161 e. The highest BCUT2D eigenvalue weighted by atomic mass is 32.1. The van der Waals surface area contributed by atoms with Crippen molar-refractivity contribution in [2.75, 3.05) is 11.9 Å². The number of aromatic nitrogens is 4. The molecule has 3 aromatic heterocycles. The maximum absolute atomic E-state index is 4.63. The summed E-state index contributed by atoms with van der Waals surface area (Å²) in [6.45, 7) is 4.82. The molecule has 0 atom stereocenters. The standard InChI is InChI=1S/C22H21N5S/c1-15-13-21(27-22(25-15)19-8-10-23-11-9-19)24-12-7-17-3-5-18(6-4-17)20-14-28-16(2)26-20/h3-6,8-11,13-14H,7,12H2,1-2H3,(H,24,25,27). The van der Waals surface area contributed by atoms with Crippen molar-refractivity contribution in [1.82, 2.24) is 19.9 Å². The molecule has 0 aliphatic heterocycles. The van der Waals surface area contributed by atoms with E-state index in [2.05, 4.69) is 54.9 Å². The van der Waals surface area contributed by atoms with Gasteiger partial charge in [-0.05, 0) is 38.0 Å². The molecule has 0 aliphatic carbocycles. The third kappa shape index (κ3) is 4.40. The van der Waals surface area contributed by atoms with E-state index < -0.39 is 0 Å². The Morgan fingerprint density at radius 3 is 2.39 bits per heavy atom. The van der Waals surface area contributed by atoms with Crippen LogP contribution in [0.4, 0.5) is 5.82 Å². The summed E-state index contributed by atoms with van der Waals surface area (Å²) < 4.78 is 0. The van der Waals surface area contributed by atoms with E-state index in [0.717, 1.165) is 46.3 Å². The third-order valence-electron chi connectivity index (χ3n) is 4.38. The van der Waals surface area contributed by atoms with E-state index >= 15 is 0 Å². The summed E-state index contributed by atoms with van der Waals surface area (Å²) in [5.41, 5.74) is 5.40. The minimum atomic E-state index is 0.716. The van der Waals surface area contributed by atoms with Gasteiger partial charge in [-0.3, -0.25) is 4.98 Å². The lowest BCUT2D eigenvalue weighted by Crippen LogP contribution is -2.08. The fraction of sp³-hybridized carbons (Fsp3) is 0.182. The van der Waals surface area contributed by atoms with Gasteiger partial charge in [0.1, 0.15) is 5.82 Å². The third-order valence-corrected chi connectivity index (χ3v) is 5.15. The van der Waals surface area contributed by atoms with Crippen molar-refractivity contribution in [3.63, 3.8) is 0 Å². The number of anilines is 1. The molecule has 4 aromatic rings. The van der Waals surface area contributed by atoms with Gasteiger partial charge in [0.05, 0.1) is 10.7 Å². The number of hydrogen-bond acceptors (Lipinski definition) is 6. The maximum atomic E-state index is 4.63. The summed E-state index contributed by atoms with van der Waals surface area (Å²) in [4.78, 5) is 17.8. The predicted molar refractivity (Wildman–Crippen MR) is 114 cm³/mol. The first-order valence-electron chi connectivity index (χ1n) is 9.19. The Bertz CT molecular complexity index is 1060. The molecule has 0 unspecified atom stereocenters. The van der Waals surface area contributed by atoms with Crippen LogP contribution in [0, 0.1) is 13.8 Å². The van der Waals surface area contributed by atoms with E-state index in [0.29, 0.717) is 5.82 Å². The highest BCUT2D eigenvalue weighted by Gasteiger charge is 2.05. The molecule has 0 saturated carbocycles. The van der Waals surface area contributed by atoms with Gasteiger partial charge in [-0.2, -0.15) is 0 Å². The van der Waals surface area contributed by atoms with E-state index in [1.807, 2.05) is 32.0 Å². The molecule has 6 heteroatoms. The summed E-state index contributed by atoms with van der Waals surface area (Å²) in [6, 6.07) is 14.4. The van der Waals surface area contributed by atoms with Crippen LogP contribution < -0.4 is 5.32 Å². The Balaban J connectivity index is 1.39. The van der Waals surface area contributed by atoms with E-state index in [1.165, 1.54) is 5.56 Å². The molecule has 3 heterocycles. The molecule has 0 amide bonds. The Kier molecular flexibility index (Phi) is 5.39. The minimum absolute atomic E-state index is 0.716. The van der Waals surface area contributed by atoms with Crippen LogP contribution in [0.1, 0.15) is 16.3 Å². The van der Waals surface area contributed by atoms with Crippen LogP contribution in [0.25, 0.3) is 22.6 Å². The number of thiazole rings is 1. The van der Waals surface area contributed by atoms with Gasteiger partial charge in [-0.1, -0.05) is 24.3 Å². The van der Waals surface area contributed by atoms with Gasteiger partial charge in [0.2, 0.25) is 0 Å². The molecule has 140 valence electrons. The van der Waals surface area contributed by atoms with E-state index in [1.54, 1.807) is 23.7 Å². The van der Waals surface area contributed by atoms with Crippen molar-refractivity contribution in [2.45, 2.75) is 20.3 Å². The van der Waals surface area contributed by atoms with Crippen LogP contribution >= 0.6 is 11.3 Å². The lowest BCUT2D eigenvalue weighted by molar-refractivity contribution is 0.995. The molecule has 0 radical (unpaired) electrons. The second kappa shape index (κ2) is 8.27. The second-order valence-electron chi connectivity index (χ2n) is 6.58. The van der Waals surface area contributed by atoms with Crippen molar-refractivity contribution < 1.29 is 0 Å². The van der Waals surface area contributed by atoms with Crippen molar-refractivity contribution in [3.8, 4) is 22.6 Å². The highest BCUT2D eigenvalue weighted by molar-refractivity contribution is 7.09. The fourth-order valence-electron chi connectivity index (χ4n) is 2.96. The Morgan fingerprint density at radius 2 is 1.68 bits per heavy atom. The first kappa shape index (κ1) is 18.3. The van der Waals surface area contributed by atoms with E-state index in [4.69, 9.17) is 0 Å². The van der Waals surface area contributed by atoms with Crippen molar-refractivity contribution in [1.29, 1.82) is 0 Å². The quantitative estimate of drug-likeness (QED) is 0.508. The fourth-order valence-corrected chi connectivity index (χ4v) is 3.58. The second-order valence-corrected chi connectivity index (χ2v) is 7.64. The molecule has 4 rings (SSSR count). The summed E-state index contributed by atoms with van der Waals surface area (Å²) in [6.07, 6.45) is 4.43. The highest BCUT2D eigenvalue weighted by Crippen LogP contribution is 2.22. The normalized spacial score (nSPS) is 10.8. The van der Waals surface area contributed by atoms with Crippen molar-refractivity contribution in [2.24, 2.45) is 0 Å². The molecule has 1 aromatic carbocycles. The Labute approximate surface area is 168 Å². The van der Waals surface area contributed by atoms with Crippen molar-refractivity contribution in [3.05, 3.63) is 76.5 Å². The molecule has 0 fully saturated rings. The Morgan fingerprint density at radius 1 is 0.893 bits per heavy atom. The minimum Gasteiger partial charge on any atom is -0.370 e. The van der Waals surface area contributed by atoms with Crippen LogP contribution in [0.2, 0.25) is 0 Å². The lowest BCUT2D eigenvalue weighted by Gasteiger charge is -2.09. The number of benzene rings is 1. The summed E-state index contributed by atoms with van der Waals surface area (Å²) in [5.74, 6) is 1.56. The van der Waals surface area contributed by atoms with Crippen LogP contribution in [-0.2, 0) is 6.42 Å². The number of aryl methyl sites for hydroxylation is 2. The summed E-state index contributed by atoms with van der Waals surface area (Å²) >= 11 is 1.68. The lowest BCUT2D eigenvalue weighted by atomic mass is 10.1. The molecule has 1 N–H and O–H groups in total. The first-order valence-corrected chi connectivity index (χ1v) is 10.1. The van der Waals surface area contributed by atoms with Gasteiger partial charge >= 0.3 is 0 Å². The molecular formula is C22H21N5S. The van der Waals surface area contributed by atoms with Crippen LogP contribution in [0.3, 0.4) is 0 Å². The predicted octanol–water partition coefficient (Wildman–Crippen LogP) is 4.93. The molecular weight excluding hydrogens is 366 g/mol. The van der Waals surface area contributed by atoms with Gasteiger partial charge in [-0.25, -0.2) is 15.0 Å². The van der Waals surface area contributed by atoms with Gasteiger partial charge < -0.3 is 5.32 Å². The van der Waals surface area contributed by atoms with Crippen LogP contribution in [-0.4, -0.2) is 26.5 Å². The molecule has 0 saturated heterocycles. The SMILES string of the molecule is Cc1cc(NCCc2ccc(-c3csc(C)n3)cc2)nc(-c2ccncc2)n1. The van der Waals surface area contributed by atoms with E-state index in [-0.39, 0.29) is 0 Å². The van der Waals surface area contributed by atoms with Gasteiger partial charge in [0.15, 0.2) is 5.82 Å². The largest absolute Gasteiger partial charge is 0.370 e. The Hall–Kier alpha value is -3.12. The molecule has 0 aliphatic rings. The molecule has 0 bridgehead atoms. The average Bonchev–Trinajstić information content (AvgIpc) is 3.15. The average molecular weight is 388 g/mol. The monoisotopic (exact) mass is 387 g/mol. The number of nitrogens with zero attached hydrogens (tertiary/aromatic N) is 4. The molecule has 5 nitrogen and oxygen atoms in total.